The summed E-state index contributed by atoms with van der Waals surface area (Å²) in [6.07, 6.45) is 0. The molecule has 0 heterocycles. The number of rotatable bonds is 2. The van der Waals surface area contributed by atoms with Gasteiger partial charge in [0.05, 0.1) is 0 Å². The Labute approximate surface area is 148 Å². The smallest absolute Gasteiger partial charge is 0.404 e. The zero-order valence-corrected chi connectivity index (χ0v) is 17.5. The van der Waals surface area contributed by atoms with Crippen LogP contribution in [0.2, 0.25) is 0 Å². The maximum absolute atomic E-state index is 11.0. The molecule has 0 aliphatic heterocycles. The molecule has 0 radical (unpaired) electrons. The highest BCUT2D eigenvalue weighted by Crippen LogP contribution is 2.43. The molecule has 0 unspecified atom stereocenters. The molecule has 2 N–H and O–H groups in total. The van der Waals surface area contributed by atoms with Crippen LogP contribution in [0.4, 0.5) is 0 Å². The summed E-state index contributed by atoms with van der Waals surface area (Å²) < 4.78 is 15.8. The van der Waals surface area contributed by atoms with Crippen molar-refractivity contribution in [3.63, 3.8) is 0 Å². The van der Waals surface area contributed by atoms with E-state index < -0.39 is 7.82 Å². The summed E-state index contributed by atoms with van der Waals surface area (Å²) in [5.41, 5.74) is 1.62. The molecule has 0 atom stereocenters. The molecule has 0 saturated heterocycles. The Hall–Kier alpha value is 0.130. The molecule has 0 aromatic heterocycles. The van der Waals surface area contributed by atoms with Crippen LogP contribution in [0.3, 0.4) is 0 Å². The first-order valence-electron chi connectivity index (χ1n) is 6.21. The third-order valence-corrected chi connectivity index (χ3v) is 3.31. The van der Waals surface area contributed by atoms with Crippen molar-refractivity contribution in [2.75, 3.05) is 0 Å². The second-order valence-electron chi connectivity index (χ2n) is 6.79. The predicted octanol–water partition coefficient (Wildman–Crippen LogP) is 4.91. The number of phosphoric ester groups is 1. The molecule has 0 aliphatic rings. The van der Waals surface area contributed by atoms with Crippen LogP contribution in [-0.2, 0) is 15.4 Å². The Balaban J connectivity index is 0. The monoisotopic (exact) mass is 446 g/mol. The minimum Gasteiger partial charge on any atom is -0.404 e. The number of hydrogen-bond donors (Lipinski definition) is 2. The second-order valence-corrected chi connectivity index (χ2v) is 7.96. The molecule has 0 saturated carbocycles. The average molecular weight is 448 g/mol. The van der Waals surface area contributed by atoms with Gasteiger partial charge in [0.25, 0.3) is 0 Å². The Morgan fingerprint density at radius 3 is 1.76 bits per heavy atom. The topological polar surface area (TPSA) is 66.8 Å². The Morgan fingerprint density at radius 1 is 0.952 bits per heavy atom. The van der Waals surface area contributed by atoms with E-state index in [1.165, 1.54) is 0 Å². The normalized spacial score (nSPS) is 12.2. The largest absolute Gasteiger partial charge is 0.524 e. The standard InChI is InChI=1S/C14H23O4P.2BrH/c1-13(2,3)10-7-8-12(18-19(15,16)17)11(9-10)14(4,5)6;;/h7-9H,1-6H3,(H2,15,16,17);2*1H. The summed E-state index contributed by atoms with van der Waals surface area (Å²) in [6, 6.07) is 5.45. The molecule has 21 heavy (non-hydrogen) atoms. The van der Waals surface area contributed by atoms with E-state index in [0.717, 1.165) is 11.1 Å². The molecule has 1 aromatic rings. The molecule has 0 bridgehead atoms. The highest BCUT2D eigenvalue weighted by atomic mass is 79.9. The van der Waals surface area contributed by atoms with Gasteiger partial charge in [0.15, 0.2) is 0 Å². The number of phosphoric acid groups is 1. The molecule has 0 aliphatic carbocycles. The van der Waals surface area contributed by atoms with Crippen molar-refractivity contribution in [1.82, 2.24) is 0 Å². The van der Waals surface area contributed by atoms with Crippen LogP contribution in [0.5, 0.6) is 5.75 Å². The van der Waals surface area contributed by atoms with Crippen LogP contribution in [0.1, 0.15) is 52.7 Å². The van der Waals surface area contributed by atoms with Crippen LogP contribution in [0.15, 0.2) is 18.2 Å². The lowest BCUT2D eigenvalue weighted by Gasteiger charge is -2.27. The van der Waals surface area contributed by atoms with Crippen molar-refractivity contribution in [2.24, 2.45) is 0 Å². The lowest BCUT2D eigenvalue weighted by molar-refractivity contribution is 0.281. The van der Waals surface area contributed by atoms with E-state index in [2.05, 4.69) is 20.8 Å². The van der Waals surface area contributed by atoms with Gasteiger partial charge >= 0.3 is 7.82 Å². The van der Waals surface area contributed by atoms with E-state index in [4.69, 9.17) is 14.3 Å². The lowest BCUT2D eigenvalue weighted by Crippen LogP contribution is -2.17. The van der Waals surface area contributed by atoms with Crippen molar-refractivity contribution >= 4 is 41.8 Å². The lowest BCUT2D eigenvalue weighted by atomic mass is 9.80. The Kier molecular flexibility index (Phi) is 8.47. The molecule has 124 valence electrons. The zero-order chi connectivity index (χ0) is 15.1. The second kappa shape index (κ2) is 7.60. The number of benzene rings is 1. The maximum Gasteiger partial charge on any atom is 0.524 e. The fraction of sp³-hybridized carbons (Fsp3) is 0.571. The summed E-state index contributed by atoms with van der Waals surface area (Å²) in [7, 11) is -4.54. The Morgan fingerprint density at radius 2 is 1.43 bits per heavy atom. The van der Waals surface area contributed by atoms with Gasteiger partial charge in [-0.15, -0.1) is 34.0 Å². The minimum absolute atomic E-state index is 0. The van der Waals surface area contributed by atoms with Crippen LogP contribution in [0, 0.1) is 0 Å². The first-order valence-corrected chi connectivity index (χ1v) is 7.74. The highest BCUT2D eigenvalue weighted by molar-refractivity contribution is 8.93. The van der Waals surface area contributed by atoms with Gasteiger partial charge in [0, 0.05) is 5.56 Å². The fourth-order valence-corrected chi connectivity index (χ4v) is 2.21. The number of hydrogen-bond acceptors (Lipinski definition) is 2. The maximum atomic E-state index is 11.0. The highest BCUT2D eigenvalue weighted by Gasteiger charge is 2.26. The van der Waals surface area contributed by atoms with Crippen LogP contribution in [0.25, 0.3) is 0 Å². The van der Waals surface area contributed by atoms with Crippen molar-refractivity contribution in [1.29, 1.82) is 0 Å². The molecular weight excluding hydrogens is 423 g/mol. The molecule has 1 aromatic carbocycles. The van der Waals surface area contributed by atoms with E-state index in [9.17, 15) is 4.57 Å². The SMILES string of the molecule is Br.Br.CC(C)(C)c1ccc(OP(=O)(O)O)c(C(C)(C)C)c1. The summed E-state index contributed by atoms with van der Waals surface area (Å²) >= 11 is 0. The van der Waals surface area contributed by atoms with Gasteiger partial charge in [-0.25, -0.2) is 4.57 Å². The molecule has 1 rings (SSSR count). The van der Waals surface area contributed by atoms with Crippen LogP contribution >= 0.6 is 41.8 Å². The Bertz CT molecular complexity index is 513. The van der Waals surface area contributed by atoms with E-state index in [1.54, 1.807) is 6.07 Å². The molecule has 4 nitrogen and oxygen atoms in total. The summed E-state index contributed by atoms with van der Waals surface area (Å²) in [5.74, 6) is 0.244. The predicted molar refractivity (Wildman–Crippen MR) is 97.2 cm³/mol. The van der Waals surface area contributed by atoms with Gasteiger partial charge in [-0.2, -0.15) is 0 Å². The molecule has 0 fully saturated rings. The van der Waals surface area contributed by atoms with Crippen LogP contribution < -0.4 is 4.52 Å². The third kappa shape index (κ3) is 7.29. The van der Waals surface area contributed by atoms with E-state index in [-0.39, 0.29) is 50.5 Å². The third-order valence-electron chi connectivity index (χ3n) is 2.87. The first kappa shape index (κ1) is 23.4. The van der Waals surface area contributed by atoms with Gasteiger partial charge in [-0.3, -0.25) is 9.79 Å². The quantitative estimate of drug-likeness (QED) is 0.632. The van der Waals surface area contributed by atoms with Gasteiger partial charge in [-0.1, -0.05) is 53.7 Å². The molecule has 0 spiro atoms. The van der Waals surface area contributed by atoms with Gasteiger partial charge in [0.2, 0.25) is 0 Å². The minimum atomic E-state index is -4.54. The van der Waals surface area contributed by atoms with Gasteiger partial charge < -0.3 is 4.52 Å². The van der Waals surface area contributed by atoms with E-state index >= 15 is 0 Å². The van der Waals surface area contributed by atoms with Crippen molar-refractivity contribution in [2.45, 2.75) is 52.4 Å². The van der Waals surface area contributed by atoms with Crippen LogP contribution in [-0.4, -0.2) is 9.79 Å². The molecular formula is C14H25Br2O4P. The fourth-order valence-electron chi connectivity index (χ4n) is 1.79. The van der Waals surface area contributed by atoms with E-state index in [1.807, 2.05) is 32.9 Å². The summed E-state index contributed by atoms with van der Waals surface area (Å²) in [6.45, 7) is 12.2. The van der Waals surface area contributed by atoms with E-state index in [0.29, 0.717) is 0 Å². The van der Waals surface area contributed by atoms with Gasteiger partial charge in [-0.05, 0) is 22.5 Å². The number of halogens is 2. The van der Waals surface area contributed by atoms with Crippen molar-refractivity contribution in [3.05, 3.63) is 29.3 Å². The van der Waals surface area contributed by atoms with Gasteiger partial charge in [0.1, 0.15) is 5.75 Å². The molecule has 0 amide bonds. The van der Waals surface area contributed by atoms with Crippen molar-refractivity contribution < 1.29 is 18.9 Å². The zero-order valence-electron chi connectivity index (χ0n) is 13.2. The summed E-state index contributed by atoms with van der Waals surface area (Å²) in [4.78, 5) is 18.0. The average Bonchev–Trinajstić information content (AvgIpc) is 2.11. The van der Waals surface area contributed by atoms with Crippen molar-refractivity contribution in [3.8, 4) is 5.75 Å². The summed E-state index contributed by atoms with van der Waals surface area (Å²) in [5, 5.41) is 0. The molecule has 7 heteroatoms. The first-order chi connectivity index (χ1) is 8.31.